The number of alkyl halides is 1. The highest BCUT2D eigenvalue weighted by Crippen LogP contribution is 2.35. The number of nitrogens with zero attached hydrogens (tertiary/aromatic N) is 3. The first-order chi connectivity index (χ1) is 18.6. The van der Waals surface area contributed by atoms with Gasteiger partial charge >= 0.3 is 6.09 Å². The molecule has 1 saturated carbocycles. The fraction of sp³-hybridized carbons (Fsp3) is 0.276. The minimum absolute atomic E-state index is 0.240. The number of carbonyl (C=O) groups excluding carboxylic acids is 2. The van der Waals surface area contributed by atoms with E-state index in [9.17, 15) is 14.0 Å². The number of rotatable bonds is 6. The predicted octanol–water partition coefficient (Wildman–Crippen LogP) is 6.39. The lowest BCUT2D eigenvalue weighted by Crippen LogP contribution is -2.27. The van der Waals surface area contributed by atoms with Crippen molar-refractivity contribution in [2.75, 3.05) is 16.0 Å². The molecule has 1 fully saturated rings. The molecule has 0 aliphatic heterocycles. The average molecular weight is 529 g/mol. The Balaban J connectivity index is 1.50. The molecule has 3 aromatic heterocycles. The van der Waals surface area contributed by atoms with E-state index in [0.29, 0.717) is 23.1 Å². The summed E-state index contributed by atoms with van der Waals surface area (Å²) in [5.74, 6) is 0.266. The zero-order chi connectivity index (χ0) is 27.7. The summed E-state index contributed by atoms with van der Waals surface area (Å²) in [5.41, 5.74) is 2.43. The molecule has 3 heterocycles. The number of anilines is 4. The van der Waals surface area contributed by atoms with Crippen LogP contribution >= 0.6 is 0 Å². The second-order valence-electron chi connectivity index (χ2n) is 10.5. The Morgan fingerprint density at radius 1 is 1.00 bits per heavy atom. The maximum atomic E-state index is 13.4. The Hall–Kier alpha value is -4.60. The highest BCUT2D eigenvalue weighted by atomic mass is 19.1. The molecule has 2 amide bonds. The standard InChI is InChI=1S/C29H29FN6O3/c1-16-10-24(36-28(38)39-29(2,3)4)31-14-20(16)23-11-17-12-25(35-27(37)19-13-22(19)30)32-15-21(17)26(34-23)33-18-8-6-5-7-9-18/h5-12,14-15,19,22H,13H2,1-4H3,(H,33,34)(H,31,36,38)(H,32,35,37). The van der Waals surface area contributed by atoms with E-state index in [-0.39, 0.29) is 12.3 Å². The second-order valence-corrected chi connectivity index (χ2v) is 10.5. The van der Waals surface area contributed by atoms with Crippen LogP contribution in [-0.4, -0.2) is 38.7 Å². The van der Waals surface area contributed by atoms with Crippen LogP contribution in [0, 0.1) is 12.8 Å². The van der Waals surface area contributed by atoms with Gasteiger partial charge in [-0.15, -0.1) is 0 Å². The monoisotopic (exact) mass is 528 g/mol. The van der Waals surface area contributed by atoms with Crippen LogP contribution in [0.5, 0.6) is 0 Å². The van der Waals surface area contributed by atoms with E-state index >= 15 is 0 Å². The van der Waals surface area contributed by atoms with Crippen LogP contribution in [0.2, 0.25) is 0 Å². The van der Waals surface area contributed by atoms with Gasteiger partial charge in [0.05, 0.1) is 11.6 Å². The van der Waals surface area contributed by atoms with E-state index in [0.717, 1.165) is 27.6 Å². The lowest BCUT2D eigenvalue weighted by molar-refractivity contribution is -0.117. The van der Waals surface area contributed by atoms with Gasteiger partial charge in [-0.3, -0.25) is 10.1 Å². The van der Waals surface area contributed by atoms with Crippen molar-refractivity contribution in [3.63, 3.8) is 0 Å². The van der Waals surface area contributed by atoms with E-state index < -0.39 is 23.8 Å². The van der Waals surface area contributed by atoms with Crippen LogP contribution in [0.1, 0.15) is 32.8 Å². The highest BCUT2D eigenvalue weighted by Gasteiger charge is 2.43. The highest BCUT2D eigenvalue weighted by molar-refractivity contribution is 5.99. The summed E-state index contributed by atoms with van der Waals surface area (Å²) in [4.78, 5) is 38.1. The first-order valence-electron chi connectivity index (χ1n) is 12.6. The molecule has 1 aliphatic carbocycles. The van der Waals surface area contributed by atoms with Gasteiger partial charge in [-0.25, -0.2) is 24.1 Å². The van der Waals surface area contributed by atoms with Gasteiger partial charge < -0.3 is 15.4 Å². The fourth-order valence-corrected chi connectivity index (χ4v) is 4.06. The third-order valence-electron chi connectivity index (χ3n) is 6.07. The molecule has 200 valence electrons. The van der Waals surface area contributed by atoms with Crippen LogP contribution in [0.25, 0.3) is 22.0 Å². The number of hydrogen-bond donors (Lipinski definition) is 3. The molecule has 0 saturated heterocycles. The van der Waals surface area contributed by atoms with E-state index in [4.69, 9.17) is 9.72 Å². The number of ether oxygens (including phenoxy) is 1. The SMILES string of the molecule is Cc1cc(NC(=O)OC(C)(C)C)ncc1-c1cc2cc(NC(=O)C3CC3F)ncc2c(Nc2ccccc2)n1. The maximum absolute atomic E-state index is 13.4. The first kappa shape index (κ1) is 26.0. The minimum atomic E-state index is -1.09. The smallest absolute Gasteiger partial charge is 0.413 e. The quantitative estimate of drug-likeness (QED) is 0.265. The van der Waals surface area contributed by atoms with Crippen molar-refractivity contribution < 1.29 is 18.7 Å². The summed E-state index contributed by atoms with van der Waals surface area (Å²) in [6, 6.07) is 15.0. The Kier molecular flexibility index (Phi) is 6.86. The molecule has 39 heavy (non-hydrogen) atoms. The zero-order valence-corrected chi connectivity index (χ0v) is 22.1. The molecule has 2 atom stereocenters. The molecule has 5 rings (SSSR count). The molecule has 1 aliphatic rings. The van der Waals surface area contributed by atoms with Crippen molar-refractivity contribution in [3.8, 4) is 11.3 Å². The van der Waals surface area contributed by atoms with Crippen molar-refractivity contribution in [1.82, 2.24) is 15.0 Å². The third kappa shape index (κ3) is 6.28. The van der Waals surface area contributed by atoms with Crippen LogP contribution in [-0.2, 0) is 9.53 Å². The number of nitrogens with one attached hydrogen (secondary N) is 3. The van der Waals surface area contributed by atoms with Gasteiger partial charge in [0.2, 0.25) is 5.91 Å². The number of benzene rings is 1. The number of pyridine rings is 3. The van der Waals surface area contributed by atoms with Gasteiger partial charge in [0.25, 0.3) is 0 Å². The number of hydrogen-bond acceptors (Lipinski definition) is 7. The number of amides is 2. The maximum Gasteiger partial charge on any atom is 0.413 e. The summed E-state index contributed by atoms with van der Waals surface area (Å²) in [6.45, 7) is 7.26. The summed E-state index contributed by atoms with van der Waals surface area (Å²) < 4.78 is 18.7. The molecule has 10 heteroatoms. The van der Waals surface area contributed by atoms with E-state index in [2.05, 4.69) is 25.9 Å². The second kappa shape index (κ2) is 10.3. The number of fused-ring (bicyclic) bond motifs is 1. The number of carbonyl (C=O) groups is 2. The van der Waals surface area contributed by atoms with Gasteiger partial charge in [-0.1, -0.05) is 18.2 Å². The first-order valence-corrected chi connectivity index (χ1v) is 12.6. The van der Waals surface area contributed by atoms with Crippen LogP contribution < -0.4 is 16.0 Å². The molecule has 0 bridgehead atoms. The fourth-order valence-electron chi connectivity index (χ4n) is 4.06. The van der Waals surface area contributed by atoms with E-state index in [1.165, 1.54) is 0 Å². The number of aryl methyl sites for hydroxylation is 1. The molecule has 4 aromatic rings. The molecule has 3 N–H and O–H groups in total. The Bertz CT molecular complexity index is 1550. The molecular weight excluding hydrogens is 499 g/mol. The van der Waals surface area contributed by atoms with Crippen LogP contribution in [0.15, 0.2) is 60.9 Å². The van der Waals surface area contributed by atoms with Crippen LogP contribution in [0.4, 0.5) is 32.3 Å². The number of halogens is 1. The topological polar surface area (TPSA) is 118 Å². The van der Waals surface area contributed by atoms with Crippen molar-refractivity contribution >= 4 is 45.9 Å². The van der Waals surface area contributed by atoms with Gasteiger partial charge in [0.15, 0.2) is 0 Å². The Morgan fingerprint density at radius 3 is 2.36 bits per heavy atom. The zero-order valence-electron chi connectivity index (χ0n) is 22.1. The largest absolute Gasteiger partial charge is 0.444 e. The Labute approximate surface area is 225 Å². The van der Waals surface area contributed by atoms with Gasteiger partial charge in [0.1, 0.15) is 29.2 Å². The molecule has 0 radical (unpaired) electrons. The van der Waals surface area contributed by atoms with Crippen molar-refractivity contribution in [2.24, 2.45) is 5.92 Å². The molecule has 9 nitrogen and oxygen atoms in total. The Morgan fingerprint density at radius 2 is 1.69 bits per heavy atom. The number of para-hydroxylation sites is 1. The van der Waals surface area contributed by atoms with Crippen molar-refractivity contribution in [1.29, 1.82) is 0 Å². The number of aromatic nitrogens is 3. The summed E-state index contributed by atoms with van der Waals surface area (Å²) in [7, 11) is 0. The summed E-state index contributed by atoms with van der Waals surface area (Å²) in [6.07, 6.45) is 1.83. The van der Waals surface area contributed by atoms with E-state index in [1.807, 2.05) is 43.3 Å². The van der Waals surface area contributed by atoms with Crippen molar-refractivity contribution in [2.45, 2.75) is 45.9 Å². The van der Waals surface area contributed by atoms with E-state index in [1.54, 1.807) is 45.3 Å². The normalized spacial score (nSPS) is 16.4. The molecule has 0 spiro atoms. The molecular formula is C29H29FN6O3. The lowest BCUT2D eigenvalue weighted by atomic mass is 10.0. The third-order valence-corrected chi connectivity index (χ3v) is 6.07. The van der Waals surface area contributed by atoms with Crippen LogP contribution in [0.3, 0.4) is 0 Å². The molecule has 2 unspecified atom stereocenters. The molecule has 1 aromatic carbocycles. The minimum Gasteiger partial charge on any atom is -0.444 e. The van der Waals surface area contributed by atoms with Gasteiger partial charge in [-0.05, 0) is 75.4 Å². The summed E-state index contributed by atoms with van der Waals surface area (Å²) >= 11 is 0. The average Bonchev–Trinajstić information content (AvgIpc) is 3.60. The lowest BCUT2D eigenvalue weighted by Gasteiger charge is -2.19. The predicted molar refractivity (Wildman–Crippen MR) is 149 cm³/mol. The van der Waals surface area contributed by atoms with Gasteiger partial charge in [0, 0.05) is 29.0 Å². The van der Waals surface area contributed by atoms with Gasteiger partial charge in [-0.2, -0.15) is 0 Å². The summed E-state index contributed by atoms with van der Waals surface area (Å²) in [5, 5.41) is 10.2. The van der Waals surface area contributed by atoms with Crippen molar-refractivity contribution in [3.05, 3.63) is 66.5 Å².